The van der Waals surface area contributed by atoms with Crippen molar-refractivity contribution in [1.29, 1.82) is 0 Å². The van der Waals surface area contributed by atoms with Gasteiger partial charge in [-0.25, -0.2) is 13.9 Å². The molecule has 0 aromatic rings. The van der Waals surface area contributed by atoms with E-state index >= 15 is 0 Å². The third kappa shape index (κ3) is 9.64. The van der Waals surface area contributed by atoms with Gasteiger partial charge in [-0.2, -0.15) is 4.31 Å². The summed E-state index contributed by atoms with van der Waals surface area (Å²) < 4.78 is 28.1. The molecule has 0 fully saturated rings. The van der Waals surface area contributed by atoms with Gasteiger partial charge in [-0.3, -0.25) is 14.5 Å². The summed E-state index contributed by atoms with van der Waals surface area (Å²) in [4.78, 5) is 57.5. The Labute approximate surface area is 144 Å². The van der Waals surface area contributed by atoms with Gasteiger partial charge in [-0.15, -0.1) is 0 Å². The summed E-state index contributed by atoms with van der Waals surface area (Å²) in [5.74, 6) is -5.86. The number of aliphatic carboxylic acids is 2. The maximum atomic E-state index is 11.1. The topological polar surface area (TPSA) is 225 Å². The number of carbonyl (C=O) groups excluding carboxylic acids is 1. The molecule has 0 saturated carbocycles. The van der Waals surface area contributed by atoms with Crippen LogP contribution in [0.15, 0.2) is 0 Å². The van der Waals surface area contributed by atoms with Crippen molar-refractivity contribution >= 4 is 63.1 Å². The fraction of sp³-hybridized carbons (Fsp3) is 0.500. The Morgan fingerprint density at radius 1 is 1.00 bits per heavy atom. The quantitative estimate of drug-likeness (QED) is 0.195. The van der Waals surface area contributed by atoms with Crippen LogP contribution in [-0.4, -0.2) is 83.1 Å². The summed E-state index contributed by atoms with van der Waals surface area (Å²) >= 11 is 0. The second kappa shape index (κ2) is 8.50. The van der Waals surface area contributed by atoms with Gasteiger partial charge in [0.05, 0.1) is 12.8 Å². The van der Waals surface area contributed by atoms with Crippen molar-refractivity contribution < 1.29 is 62.3 Å². The van der Waals surface area contributed by atoms with Crippen LogP contribution in [0, 0.1) is 0 Å². The summed E-state index contributed by atoms with van der Waals surface area (Å²) in [6.45, 7) is 0. The zero-order valence-corrected chi connectivity index (χ0v) is 11.6. The second-order valence-corrected chi connectivity index (χ2v) is 6.34. The van der Waals surface area contributed by atoms with Crippen LogP contribution in [0.25, 0.3) is 0 Å². The predicted molar refractivity (Wildman–Crippen MR) is 65.7 cm³/mol. The van der Waals surface area contributed by atoms with Crippen LogP contribution in [0.2, 0.25) is 0 Å². The van der Waals surface area contributed by atoms with E-state index in [0.29, 0.717) is 0 Å². The Kier molecular flexibility index (Phi) is 9.25. The van der Waals surface area contributed by atoms with Gasteiger partial charge < -0.3 is 29.6 Å². The van der Waals surface area contributed by atoms with E-state index in [4.69, 9.17) is 24.9 Å². The van der Waals surface area contributed by atoms with E-state index in [9.17, 15) is 28.6 Å². The first kappa shape index (κ1) is 23.9. The van der Waals surface area contributed by atoms with E-state index in [1.807, 2.05) is 0 Å². The molecule has 0 saturated heterocycles. The number of carboxylic acids is 2. The molecule has 16 heteroatoms. The molecular formula is C6H11NaO13P2. The Bertz CT molecular complexity index is 539. The van der Waals surface area contributed by atoms with Gasteiger partial charge in [0.25, 0.3) is 0 Å². The molecule has 0 aromatic heterocycles. The summed E-state index contributed by atoms with van der Waals surface area (Å²) in [7, 11) is -11.1. The average Bonchev–Trinajstić information content (AvgIpc) is 2.08. The summed E-state index contributed by atoms with van der Waals surface area (Å²) in [6.07, 6.45) is -3.02. The molecule has 0 amide bonds. The number of phosphoric acid groups is 2. The molecular weight excluding hydrogens is 365 g/mol. The van der Waals surface area contributed by atoms with Gasteiger partial charge in [0.2, 0.25) is 0 Å². The van der Waals surface area contributed by atoms with Crippen molar-refractivity contribution in [3.8, 4) is 0 Å². The standard InChI is InChI=1S/C6H10O13P2.Na.H/c7-3(8)1-6(12,5(10)11)2-4(9)18-21(16,17)19-20(13,14)15;;/h12H,1-2H2,(H,7,8)(H,10,11)(H,16,17)(H2,13,14,15);;. The number of carboxylic acid groups (broad SMARTS) is 2. The molecule has 0 radical (unpaired) electrons. The van der Waals surface area contributed by atoms with Gasteiger partial charge in [-0.1, -0.05) is 0 Å². The first-order chi connectivity index (χ1) is 9.17. The average molecular weight is 376 g/mol. The summed E-state index contributed by atoms with van der Waals surface area (Å²) in [5.41, 5.74) is -3.15. The van der Waals surface area contributed by atoms with Crippen molar-refractivity contribution in [2.45, 2.75) is 18.4 Å². The minimum absolute atomic E-state index is 0. The van der Waals surface area contributed by atoms with Gasteiger partial charge >= 0.3 is 63.1 Å². The molecule has 124 valence electrons. The number of carbonyl (C=O) groups is 3. The molecule has 2 unspecified atom stereocenters. The Hall–Kier alpha value is -0.330. The summed E-state index contributed by atoms with van der Waals surface area (Å²) in [5, 5.41) is 26.4. The molecule has 0 heterocycles. The van der Waals surface area contributed by atoms with Crippen LogP contribution in [0.1, 0.15) is 12.8 Å². The SMILES string of the molecule is O=C(O)CC(O)(CC(=O)OP(=O)(O)OP(=O)(O)O)C(=O)O.[NaH]. The number of hydrogen-bond donors (Lipinski definition) is 6. The van der Waals surface area contributed by atoms with Gasteiger partial charge in [0, 0.05) is 0 Å². The van der Waals surface area contributed by atoms with Gasteiger partial charge in [-0.05, 0) is 0 Å². The van der Waals surface area contributed by atoms with Crippen molar-refractivity contribution in [2.75, 3.05) is 0 Å². The van der Waals surface area contributed by atoms with E-state index < -0.39 is 52.0 Å². The normalized spacial score (nSPS) is 16.5. The van der Waals surface area contributed by atoms with Crippen LogP contribution in [0.4, 0.5) is 0 Å². The molecule has 0 rings (SSSR count). The second-order valence-electron chi connectivity index (χ2n) is 3.59. The van der Waals surface area contributed by atoms with Gasteiger partial charge in [0.15, 0.2) is 5.60 Å². The van der Waals surface area contributed by atoms with Crippen molar-refractivity contribution in [3.05, 3.63) is 0 Å². The first-order valence-electron chi connectivity index (χ1n) is 4.66. The maximum absolute atomic E-state index is 11.1. The van der Waals surface area contributed by atoms with E-state index in [-0.39, 0.29) is 29.6 Å². The molecule has 13 nitrogen and oxygen atoms in total. The Balaban J connectivity index is 0. The molecule has 0 aliphatic heterocycles. The predicted octanol–water partition coefficient (Wildman–Crippen LogP) is -2.23. The van der Waals surface area contributed by atoms with Crippen molar-refractivity contribution in [3.63, 3.8) is 0 Å². The third-order valence-corrected chi connectivity index (χ3v) is 3.82. The third-order valence-electron chi connectivity index (χ3n) is 1.71. The monoisotopic (exact) mass is 376 g/mol. The van der Waals surface area contributed by atoms with Crippen molar-refractivity contribution in [1.82, 2.24) is 0 Å². The summed E-state index contributed by atoms with van der Waals surface area (Å²) in [6, 6.07) is 0. The fourth-order valence-corrected chi connectivity index (χ4v) is 2.55. The minimum atomic E-state index is -5.58. The van der Waals surface area contributed by atoms with E-state index in [0.717, 1.165) is 0 Å². The number of rotatable bonds is 8. The van der Waals surface area contributed by atoms with Crippen LogP contribution in [0.5, 0.6) is 0 Å². The molecule has 22 heavy (non-hydrogen) atoms. The zero-order valence-electron chi connectivity index (χ0n) is 9.85. The molecule has 0 aliphatic carbocycles. The zero-order chi connectivity index (χ0) is 17.1. The molecule has 0 spiro atoms. The van der Waals surface area contributed by atoms with Crippen LogP contribution in [0.3, 0.4) is 0 Å². The number of phosphoric ester groups is 1. The Morgan fingerprint density at radius 2 is 1.45 bits per heavy atom. The number of aliphatic hydroxyl groups is 1. The molecule has 0 aromatic carbocycles. The number of hydrogen-bond acceptors (Lipinski definition) is 8. The molecule has 0 bridgehead atoms. The first-order valence-corrected chi connectivity index (χ1v) is 7.69. The fourth-order valence-electron chi connectivity index (χ4n) is 1.01. The molecule has 0 aliphatic rings. The van der Waals surface area contributed by atoms with Crippen LogP contribution in [-0.2, 0) is 32.3 Å². The molecule has 2 atom stereocenters. The van der Waals surface area contributed by atoms with E-state index in [1.165, 1.54) is 0 Å². The van der Waals surface area contributed by atoms with E-state index in [2.05, 4.69) is 8.83 Å². The Morgan fingerprint density at radius 3 is 1.77 bits per heavy atom. The van der Waals surface area contributed by atoms with E-state index in [1.54, 1.807) is 0 Å². The van der Waals surface area contributed by atoms with Crippen molar-refractivity contribution in [2.24, 2.45) is 0 Å². The van der Waals surface area contributed by atoms with Crippen LogP contribution >= 0.6 is 15.6 Å². The van der Waals surface area contributed by atoms with Gasteiger partial charge in [0.1, 0.15) is 0 Å². The molecule has 6 N–H and O–H groups in total. The van der Waals surface area contributed by atoms with Crippen LogP contribution < -0.4 is 0 Å².